The SMILES string of the molecule is CCSCCC(C)n1c(=S)[nH]c2c(C)nn(C)c21. The molecule has 18 heavy (non-hydrogen) atoms. The number of nitrogens with zero attached hydrogens (tertiary/aromatic N) is 3. The number of thioether (sulfide) groups is 1. The Labute approximate surface area is 117 Å². The summed E-state index contributed by atoms with van der Waals surface area (Å²) in [6.07, 6.45) is 1.13. The number of aromatic nitrogens is 4. The van der Waals surface area contributed by atoms with Gasteiger partial charge in [0.2, 0.25) is 0 Å². The van der Waals surface area contributed by atoms with Crippen LogP contribution in [0.4, 0.5) is 0 Å². The topological polar surface area (TPSA) is 38.5 Å². The van der Waals surface area contributed by atoms with Gasteiger partial charge in [-0.05, 0) is 44.0 Å². The lowest BCUT2D eigenvalue weighted by molar-refractivity contribution is 0.529. The highest BCUT2D eigenvalue weighted by molar-refractivity contribution is 7.99. The van der Waals surface area contributed by atoms with Crippen LogP contribution in [0.15, 0.2) is 0 Å². The Kier molecular flexibility index (Phi) is 4.17. The van der Waals surface area contributed by atoms with Gasteiger partial charge < -0.3 is 4.98 Å². The van der Waals surface area contributed by atoms with Gasteiger partial charge in [0.05, 0.1) is 5.69 Å². The van der Waals surface area contributed by atoms with Crippen LogP contribution in [0.1, 0.15) is 32.0 Å². The van der Waals surface area contributed by atoms with Gasteiger partial charge in [0.15, 0.2) is 10.4 Å². The summed E-state index contributed by atoms with van der Waals surface area (Å²) in [7, 11) is 1.97. The van der Waals surface area contributed by atoms with E-state index in [9.17, 15) is 0 Å². The minimum atomic E-state index is 0.403. The molecule has 0 aliphatic heterocycles. The fourth-order valence-corrected chi connectivity index (χ4v) is 3.43. The standard InChI is InChI=1S/C12H20N4S2/c1-5-18-7-6-8(2)16-11-10(13-12(16)17)9(3)14-15(11)4/h8H,5-7H2,1-4H3,(H,13,17). The second-order valence-electron chi connectivity index (χ2n) is 4.54. The third-order valence-corrected chi connectivity index (χ3v) is 4.43. The van der Waals surface area contributed by atoms with Gasteiger partial charge in [0, 0.05) is 13.1 Å². The van der Waals surface area contributed by atoms with Crippen molar-refractivity contribution in [2.75, 3.05) is 11.5 Å². The number of aryl methyl sites for hydroxylation is 2. The van der Waals surface area contributed by atoms with E-state index in [1.165, 1.54) is 11.5 Å². The van der Waals surface area contributed by atoms with E-state index in [4.69, 9.17) is 12.2 Å². The lowest BCUT2D eigenvalue weighted by Gasteiger charge is -2.14. The predicted octanol–water partition coefficient (Wildman–Crippen LogP) is 3.45. The molecule has 0 saturated heterocycles. The summed E-state index contributed by atoms with van der Waals surface area (Å²) < 4.78 is 4.91. The number of imidazole rings is 1. The average molecular weight is 284 g/mol. The van der Waals surface area contributed by atoms with Gasteiger partial charge in [-0.1, -0.05) is 6.92 Å². The van der Waals surface area contributed by atoms with Crippen molar-refractivity contribution in [3.8, 4) is 0 Å². The molecule has 0 radical (unpaired) electrons. The number of hydrogen-bond acceptors (Lipinski definition) is 3. The highest BCUT2D eigenvalue weighted by Gasteiger charge is 2.16. The summed E-state index contributed by atoms with van der Waals surface area (Å²) in [6, 6.07) is 0.403. The summed E-state index contributed by atoms with van der Waals surface area (Å²) in [5.74, 6) is 2.34. The first-order valence-corrected chi connectivity index (χ1v) is 7.84. The highest BCUT2D eigenvalue weighted by atomic mass is 32.2. The molecule has 100 valence electrons. The first kappa shape index (κ1) is 13.7. The number of nitrogens with one attached hydrogen (secondary N) is 1. The Balaban J connectivity index is 2.37. The van der Waals surface area contributed by atoms with Crippen LogP contribution in [-0.4, -0.2) is 30.8 Å². The summed E-state index contributed by atoms with van der Waals surface area (Å²) in [5, 5.41) is 4.44. The molecule has 1 N–H and O–H groups in total. The van der Waals surface area contributed by atoms with Gasteiger partial charge in [-0.2, -0.15) is 16.9 Å². The molecule has 0 aliphatic rings. The maximum absolute atomic E-state index is 5.44. The molecule has 0 aliphatic carbocycles. The van der Waals surface area contributed by atoms with Crippen LogP contribution < -0.4 is 0 Å². The van der Waals surface area contributed by atoms with Gasteiger partial charge in [-0.15, -0.1) is 0 Å². The van der Waals surface area contributed by atoms with E-state index in [0.29, 0.717) is 6.04 Å². The number of rotatable bonds is 5. The van der Waals surface area contributed by atoms with Gasteiger partial charge in [0.1, 0.15) is 5.52 Å². The number of hydrogen-bond donors (Lipinski definition) is 1. The van der Waals surface area contributed by atoms with E-state index in [1.807, 2.05) is 30.4 Å². The molecule has 2 aromatic rings. The first-order valence-electron chi connectivity index (χ1n) is 6.27. The highest BCUT2D eigenvalue weighted by Crippen LogP contribution is 2.23. The van der Waals surface area contributed by atoms with E-state index >= 15 is 0 Å². The van der Waals surface area contributed by atoms with Crippen LogP contribution in [0.2, 0.25) is 0 Å². The Morgan fingerprint density at radius 1 is 1.50 bits per heavy atom. The quantitative estimate of drug-likeness (QED) is 0.675. The Hall–Kier alpha value is -0.750. The van der Waals surface area contributed by atoms with Crippen molar-refractivity contribution < 1.29 is 0 Å². The molecule has 2 aromatic heterocycles. The molecule has 0 spiro atoms. The Morgan fingerprint density at radius 2 is 2.22 bits per heavy atom. The fourth-order valence-electron chi connectivity index (χ4n) is 2.27. The van der Waals surface area contributed by atoms with Crippen molar-refractivity contribution in [3.63, 3.8) is 0 Å². The van der Waals surface area contributed by atoms with Crippen molar-refractivity contribution in [2.45, 2.75) is 33.2 Å². The molecule has 4 nitrogen and oxygen atoms in total. The zero-order valence-electron chi connectivity index (χ0n) is 11.4. The molecule has 0 aromatic carbocycles. The average Bonchev–Trinajstić information content (AvgIpc) is 2.78. The first-order chi connectivity index (χ1) is 8.56. The molecular weight excluding hydrogens is 264 g/mol. The van der Waals surface area contributed by atoms with Crippen LogP contribution in [-0.2, 0) is 7.05 Å². The van der Waals surface area contributed by atoms with Gasteiger partial charge in [-0.25, -0.2) is 0 Å². The molecule has 0 bridgehead atoms. The molecular formula is C12H20N4S2. The summed E-state index contributed by atoms with van der Waals surface area (Å²) in [4.78, 5) is 3.28. The molecule has 1 unspecified atom stereocenters. The van der Waals surface area contributed by atoms with E-state index in [2.05, 4.69) is 28.5 Å². The molecule has 2 rings (SSSR count). The van der Waals surface area contributed by atoms with Crippen molar-refractivity contribution >= 4 is 35.1 Å². The van der Waals surface area contributed by atoms with Gasteiger partial charge >= 0.3 is 0 Å². The maximum Gasteiger partial charge on any atom is 0.179 e. The lowest BCUT2D eigenvalue weighted by Crippen LogP contribution is -2.09. The minimum absolute atomic E-state index is 0.403. The van der Waals surface area contributed by atoms with E-state index < -0.39 is 0 Å². The van der Waals surface area contributed by atoms with Crippen molar-refractivity contribution in [3.05, 3.63) is 10.5 Å². The largest absolute Gasteiger partial charge is 0.328 e. The Bertz CT molecular complexity index is 593. The number of aromatic amines is 1. The second-order valence-corrected chi connectivity index (χ2v) is 6.32. The van der Waals surface area contributed by atoms with Crippen LogP contribution >= 0.6 is 24.0 Å². The van der Waals surface area contributed by atoms with Crippen LogP contribution in [0, 0.1) is 11.7 Å². The third-order valence-electron chi connectivity index (χ3n) is 3.20. The molecule has 0 fully saturated rings. The Morgan fingerprint density at radius 3 is 2.89 bits per heavy atom. The second kappa shape index (κ2) is 5.48. The summed E-state index contributed by atoms with van der Waals surface area (Å²) in [6.45, 7) is 6.43. The third kappa shape index (κ3) is 2.36. The zero-order valence-corrected chi connectivity index (χ0v) is 13.0. The predicted molar refractivity (Wildman–Crippen MR) is 81.0 cm³/mol. The lowest BCUT2D eigenvalue weighted by atomic mass is 10.2. The van der Waals surface area contributed by atoms with Crippen molar-refractivity contribution in [1.29, 1.82) is 0 Å². The fraction of sp³-hybridized carbons (Fsp3) is 0.667. The minimum Gasteiger partial charge on any atom is -0.328 e. The molecule has 2 heterocycles. The molecule has 6 heteroatoms. The monoisotopic (exact) mass is 284 g/mol. The van der Waals surface area contributed by atoms with Crippen LogP contribution in [0.25, 0.3) is 11.2 Å². The van der Waals surface area contributed by atoms with Gasteiger partial charge in [0.25, 0.3) is 0 Å². The van der Waals surface area contributed by atoms with Crippen molar-refractivity contribution in [1.82, 2.24) is 19.3 Å². The van der Waals surface area contributed by atoms with Gasteiger partial charge in [-0.3, -0.25) is 9.25 Å². The zero-order chi connectivity index (χ0) is 13.3. The van der Waals surface area contributed by atoms with Crippen LogP contribution in [0.5, 0.6) is 0 Å². The molecule has 0 amide bonds. The molecule has 1 atom stereocenters. The van der Waals surface area contributed by atoms with E-state index in [-0.39, 0.29) is 0 Å². The summed E-state index contributed by atoms with van der Waals surface area (Å²) in [5.41, 5.74) is 3.18. The molecule has 0 saturated carbocycles. The van der Waals surface area contributed by atoms with Crippen molar-refractivity contribution in [2.24, 2.45) is 7.05 Å². The normalized spacial score (nSPS) is 13.3. The van der Waals surface area contributed by atoms with E-state index in [0.717, 1.165) is 28.0 Å². The van der Waals surface area contributed by atoms with Crippen LogP contribution in [0.3, 0.4) is 0 Å². The number of H-pyrrole nitrogens is 1. The summed E-state index contributed by atoms with van der Waals surface area (Å²) >= 11 is 7.41. The number of fused-ring (bicyclic) bond motifs is 1. The van der Waals surface area contributed by atoms with E-state index in [1.54, 1.807) is 0 Å². The smallest absolute Gasteiger partial charge is 0.179 e. The maximum atomic E-state index is 5.44.